The molecule has 0 aliphatic rings. The Morgan fingerprint density at radius 1 is 1.50 bits per heavy atom. The lowest BCUT2D eigenvalue weighted by Gasteiger charge is -1.97. The first-order valence-electron chi connectivity index (χ1n) is 3.92. The van der Waals surface area contributed by atoms with Crippen molar-refractivity contribution in [1.29, 1.82) is 0 Å². The minimum absolute atomic E-state index is 0.0511. The Kier molecular flexibility index (Phi) is 3.55. The van der Waals surface area contributed by atoms with Crippen LogP contribution in [0.15, 0.2) is 22.7 Å². The summed E-state index contributed by atoms with van der Waals surface area (Å²) in [5.74, 6) is 4.98. The Bertz CT molecular complexity index is 418. The summed E-state index contributed by atoms with van der Waals surface area (Å²) in [5, 5.41) is 0. The maximum Gasteiger partial charge on any atom is 0.229 e. The van der Waals surface area contributed by atoms with E-state index in [2.05, 4.69) is 27.8 Å². The lowest BCUT2D eigenvalue weighted by Crippen LogP contribution is -2.08. The standard InChI is InChI=1S/C10H9BrN2O/c11-8-5-4-7(9(12)6-8)2-1-3-10(13)14/h4-6H,3,12H2,(H2,13,14). The lowest BCUT2D eigenvalue weighted by molar-refractivity contribution is -0.117. The van der Waals surface area contributed by atoms with Gasteiger partial charge in [-0.25, -0.2) is 0 Å². The zero-order valence-electron chi connectivity index (χ0n) is 7.38. The van der Waals surface area contributed by atoms with E-state index in [0.29, 0.717) is 11.3 Å². The van der Waals surface area contributed by atoms with Crippen LogP contribution < -0.4 is 11.5 Å². The van der Waals surface area contributed by atoms with E-state index >= 15 is 0 Å². The molecule has 1 aromatic carbocycles. The average Bonchev–Trinajstić information content (AvgIpc) is 2.08. The highest BCUT2D eigenvalue weighted by Gasteiger charge is 1.95. The van der Waals surface area contributed by atoms with E-state index in [1.54, 1.807) is 12.1 Å². The second-order valence-corrected chi connectivity index (χ2v) is 3.59. The molecule has 72 valence electrons. The fraction of sp³-hybridized carbons (Fsp3) is 0.100. The molecular weight excluding hydrogens is 244 g/mol. The molecular formula is C10H9BrN2O. The molecule has 14 heavy (non-hydrogen) atoms. The highest BCUT2D eigenvalue weighted by molar-refractivity contribution is 9.10. The minimum atomic E-state index is -0.437. The van der Waals surface area contributed by atoms with Crippen LogP contribution in [-0.4, -0.2) is 5.91 Å². The van der Waals surface area contributed by atoms with Crippen molar-refractivity contribution in [2.75, 3.05) is 5.73 Å². The number of nitrogens with two attached hydrogens (primary N) is 2. The van der Waals surface area contributed by atoms with E-state index < -0.39 is 5.91 Å². The number of halogens is 1. The number of amides is 1. The van der Waals surface area contributed by atoms with E-state index in [4.69, 9.17) is 11.5 Å². The molecule has 0 fully saturated rings. The summed E-state index contributed by atoms with van der Waals surface area (Å²) >= 11 is 3.29. The van der Waals surface area contributed by atoms with Crippen LogP contribution in [0.3, 0.4) is 0 Å². The Labute approximate surface area is 90.6 Å². The van der Waals surface area contributed by atoms with Crippen LogP contribution in [0.1, 0.15) is 12.0 Å². The zero-order valence-corrected chi connectivity index (χ0v) is 8.97. The lowest BCUT2D eigenvalue weighted by atomic mass is 10.2. The number of rotatable bonds is 1. The van der Waals surface area contributed by atoms with Crippen LogP contribution in [0.4, 0.5) is 5.69 Å². The quantitative estimate of drug-likeness (QED) is 0.584. The largest absolute Gasteiger partial charge is 0.398 e. The Balaban J connectivity index is 2.85. The van der Waals surface area contributed by atoms with Crippen LogP contribution in [0, 0.1) is 11.8 Å². The number of carbonyl (C=O) groups is 1. The summed E-state index contributed by atoms with van der Waals surface area (Å²) in [5.41, 5.74) is 11.9. The molecule has 0 radical (unpaired) electrons. The molecule has 0 aliphatic carbocycles. The number of carbonyl (C=O) groups excluding carboxylic acids is 1. The van der Waals surface area contributed by atoms with Crippen LogP contribution in [-0.2, 0) is 4.79 Å². The van der Waals surface area contributed by atoms with Gasteiger partial charge in [-0.1, -0.05) is 27.8 Å². The van der Waals surface area contributed by atoms with Gasteiger partial charge in [-0.2, -0.15) is 0 Å². The molecule has 0 spiro atoms. The molecule has 1 rings (SSSR count). The number of anilines is 1. The smallest absolute Gasteiger partial charge is 0.229 e. The molecule has 1 aromatic rings. The van der Waals surface area contributed by atoms with Gasteiger partial charge < -0.3 is 11.5 Å². The van der Waals surface area contributed by atoms with Gasteiger partial charge in [0.15, 0.2) is 0 Å². The normalized spacial score (nSPS) is 8.93. The Morgan fingerprint density at radius 3 is 2.79 bits per heavy atom. The Morgan fingerprint density at radius 2 is 2.21 bits per heavy atom. The van der Waals surface area contributed by atoms with Crippen LogP contribution >= 0.6 is 15.9 Å². The van der Waals surface area contributed by atoms with E-state index in [9.17, 15) is 4.79 Å². The maximum absolute atomic E-state index is 10.4. The fourth-order valence-electron chi connectivity index (χ4n) is 0.874. The van der Waals surface area contributed by atoms with Gasteiger partial charge >= 0.3 is 0 Å². The molecule has 0 saturated heterocycles. The fourth-order valence-corrected chi connectivity index (χ4v) is 1.25. The van der Waals surface area contributed by atoms with Crippen molar-refractivity contribution in [3.8, 4) is 11.8 Å². The van der Waals surface area contributed by atoms with Crippen molar-refractivity contribution >= 4 is 27.5 Å². The van der Waals surface area contributed by atoms with Gasteiger partial charge in [0, 0.05) is 15.7 Å². The van der Waals surface area contributed by atoms with Crippen LogP contribution in [0.2, 0.25) is 0 Å². The second-order valence-electron chi connectivity index (χ2n) is 2.68. The van der Waals surface area contributed by atoms with Crippen molar-refractivity contribution in [3.05, 3.63) is 28.2 Å². The third-order valence-electron chi connectivity index (χ3n) is 1.50. The summed E-state index contributed by atoms with van der Waals surface area (Å²) < 4.78 is 0.899. The van der Waals surface area contributed by atoms with Crippen molar-refractivity contribution in [2.45, 2.75) is 6.42 Å². The molecule has 4 N–H and O–H groups in total. The zero-order chi connectivity index (χ0) is 10.6. The highest BCUT2D eigenvalue weighted by atomic mass is 79.9. The summed E-state index contributed by atoms with van der Waals surface area (Å²) in [6.07, 6.45) is 0.0511. The third kappa shape index (κ3) is 3.11. The van der Waals surface area contributed by atoms with E-state index in [0.717, 1.165) is 4.47 Å². The van der Waals surface area contributed by atoms with Crippen molar-refractivity contribution < 1.29 is 4.79 Å². The highest BCUT2D eigenvalue weighted by Crippen LogP contribution is 2.17. The predicted octanol–water partition coefficient (Wildman–Crippen LogP) is 1.26. The van der Waals surface area contributed by atoms with Crippen molar-refractivity contribution in [1.82, 2.24) is 0 Å². The first-order valence-corrected chi connectivity index (χ1v) is 4.71. The molecule has 0 unspecified atom stereocenters. The van der Waals surface area contributed by atoms with Gasteiger partial charge in [0.1, 0.15) is 0 Å². The summed E-state index contributed by atoms with van der Waals surface area (Å²) in [4.78, 5) is 10.4. The molecule has 4 heteroatoms. The summed E-state index contributed by atoms with van der Waals surface area (Å²) in [6, 6.07) is 5.38. The predicted molar refractivity (Wildman–Crippen MR) is 59.2 cm³/mol. The van der Waals surface area contributed by atoms with Gasteiger partial charge in [-0.3, -0.25) is 4.79 Å². The molecule has 0 aliphatic heterocycles. The van der Waals surface area contributed by atoms with E-state index in [1.807, 2.05) is 6.07 Å². The molecule has 0 bridgehead atoms. The molecule has 0 aromatic heterocycles. The minimum Gasteiger partial charge on any atom is -0.398 e. The summed E-state index contributed by atoms with van der Waals surface area (Å²) in [7, 11) is 0. The van der Waals surface area contributed by atoms with Gasteiger partial charge in [0.05, 0.1) is 6.42 Å². The van der Waals surface area contributed by atoms with Crippen LogP contribution in [0.5, 0.6) is 0 Å². The van der Waals surface area contributed by atoms with E-state index in [1.165, 1.54) is 0 Å². The second kappa shape index (κ2) is 4.68. The molecule has 0 saturated carbocycles. The first-order chi connectivity index (χ1) is 6.59. The number of hydrogen-bond donors (Lipinski definition) is 2. The number of hydrogen-bond acceptors (Lipinski definition) is 2. The van der Waals surface area contributed by atoms with Gasteiger partial charge in [0.2, 0.25) is 5.91 Å². The first kappa shape index (κ1) is 10.6. The van der Waals surface area contributed by atoms with E-state index in [-0.39, 0.29) is 6.42 Å². The van der Waals surface area contributed by atoms with Gasteiger partial charge in [-0.15, -0.1) is 0 Å². The number of primary amides is 1. The van der Waals surface area contributed by atoms with Gasteiger partial charge in [-0.05, 0) is 18.2 Å². The molecule has 1 amide bonds. The number of nitrogen functional groups attached to an aromatic ring is 1. The SMILES string of the molecule is NC(=O)CC#Cc1ccc(Br)cc1N. The Hall–Kier alpha value is -1.47. The maximum atomic E-state index is 10.4. The summed E-state index contributed by atoms with van der Waals surface area (Å²) in [6.45, 7) is 0. The molecule has 0 atom stereocenters. The molecule has 3 nitrogen and oxygen atoms in total. The average molecular weight is 253 g/mol. The molecule has 0 heterocycles. The topological polar surface area (TPSA) is 69.1 Å². The third-order valence-corrected chi connectivity index (χ3v) is 1.99. The monoisotopic (exact) mass is 252 g/mol. The van der Waals surface area contributed by atoms with Crippen molar-refractivity contribution in [2.24, 2.45) is 5.73 Å². The van der Waals surface area contributed by atoms with Crippen LogP contribution in [0.25, 0.3) is 0 Å². The van der Waals surface area contributed by atoms with Crippen molar-refractivity contribution in [3.63, 3.8) is 0 Å². The number of benzene rings is 1. The van der Waals surface area contributed by atoms with Gasteiger partial charge in [0.25, 0.3) is 0 Å².